The maximum atomic E-state index is 5.23. The van der Waals surface area contributed by atoms with E-state index in [2.05, 4.69) is 63.6 Å². The summed E-state index contributed by atoms with van der Waals surface area (Å²) in [7, 11) is 1.69. The Morgan fingerprint density at radius 2 is 2.04 bits per heavy atom. The largest absolute Gasteiger partial charge is 0.497 e. The molecule has 2 aromatic carbocycles. The topological polar surface area (TPSA) is 41.1 Å². The van der Waals surface area contributed by atoms with E-state index in [0.717, 1.165) is 29.9 Å². The number of ether oxygens (including phenoxy) is 1. The predicted octanol–water partition coefficient (Wildman–Crippen LogP) is 3.98. The summed E-state index contributed by atoms with van der Waals surface area (Å²) in [5.74, 6) is 0.885. The Morgan fingerprint density at radius 1 is 1.17 bits per heavy atom. The van der Waals surface area contributed by atoms with Gasteiger partial charge in [-0.3, -0.25) is 0 Å². The second-order valence-electron chi connectivity index (χ2n) is 5.92. The number of imidazole rings is 1. The molecular formula is C20H19N3O. The van der Waals surface area contributed by atoms with E-state index in [1.54, 1.807) is 13.4 Å². The predicted molar refractivity (Wildman–Crippen MR) is 96.6 cm³/mol. The van der Waals surface area contributed by atoms with Gasteiger partial charge in [0, 0.05) is 13.1 Å². The Labute approximate surface area is 141 Å². The number of methoxy groups -OCH3 is 1. The minimum Gasteiger partial charge on any atom is -0.497 e. The van der Waals surface area contributed by atoms with Crippen LogP contribution in [0.4, 0.5) is 0 Å². The smallest absolute Gasteiger partial charge is 0.118 e. The number of H-pyrrole nitrogens is 1. The highest BCUT2D eigenvalue weighted by Crippen LogP contribution is 2.23. The number of aromatic amines is 1. The summed E-state index contributed by atoms with van der Waals surface area (Å²) in [6.45, 7) is 1.77. The van der Waals surface area contributed by atoms with Crippen molar-refractivity contribution in [3.8, 4) is 5.75 Å². The lowest BCUT2D eigenvalue weighted by molar-refractivity contribution is 0.411. The Kier molecular flexibility index (Phi) is 3.79. The van der Waals surface area contributed by atoms with E-state index in [0.29, 0.717) is 0 Å². The number of nitrogens with one attached hydrogen (secondary N) is 1. The molecule has 0 radical (unpaired) electrons. The molecule has 0 saturated carbocycles. The van der Waals surface area contributed by atoms with E-state index >= 15 is 0 Å². The molecule has 0 fully saturated rings. The highest BCUT2D eigenvalue weighted by atomic mass is 16.5. The molecule has 1 aliphatic heterocycles. The van der Waals surface area contributed by atoms with Crippen LogP contribution in [-0.2, 0) is 6.54 Å². The maximum Gasteiger partial charge on any atom is 0.118 e. The fraction of sp³-hybridized carbons (Fsp3) is 0.150. The van der Waals surface area contributed by atoms with Gasteiger partial charge in [-0.1, -0.05) is 24.3 Å². The SMILES string of the molecule is COc1ccc(C2=CC=CN(Cc3ccc4nc[nH]c4c3)C2)cc1. The molecule has 4 heteroatoms. The average Bonchev–Trinajstić information content (AvgIpc) is 3.10. The summed E-state index contributed by atoms with van der Waals surface area (Å²) in [6, 6.07) is 14.6. The number of rotatable bonds is 4. The molecule has 0 unspecified atom stereocenters. The van der Waals surface area contributed by atoms with Gasteiger partial charge in [-0.2, -0.15) is 0 Å². The third-order valence-corrected chi connectivity index (χ3v) is 4.30. The Bertz CT molecular complexity index is 906. The molecule has 0 amide bonds. The molecule has 0 atom stereocenters. The normalized spacial score (nSPS) is 14.0. The number of hydrogen-bond donors (Lipinski definition) is 1. The first-order valence-corrected chi connectivity index (χ1v) is 8.00. The fourth-order valence-electron chi connectivity index (χ4n) is 3.02. The van der Waals surface area contributed by atoms with Crippen molar-refractivity contribution >= 4 is 16.6 Å². The van der Waals surface area contributed by atoms with Crippen LogP contribution in [0.15, 0.2) is 67.1 Å². The van der Waals surface area contributed by atoms with Crippen LogP contribution in [0.1, 0.15) is 11.1 Å². The lowest BCUT2D eigenvalue weighted by Gasteiger charge is -2.25. The van der Waals surface area contributed by atoms with Gasteiger partial charge in [0.15, 0.2) is 0 Å². The lowest BCUT2D eigenvalue weighted by atomic mass is 10.0. The molecule has 24 heavy (non-hydrogen) atoms. The molecule has 1 N–H and O–H groups in total. The zero-order valence-corrected chi connectivity index (χ0v) is 13.6. The van der Waals surface area contributed by atoms with Gasteiger partial charge in [0.1, 0.15) is 5.75 Å². The molecule has 0 bridgehead atoms. The van der Waals surface area contributed by atoms with E-state index in [9.17, 15) is 0 Å². The van der Waals surface area contributed by atoms with Gasteiger partial charge in [0.25, 0.3) is 0 Å². The average molecular weight is 317 g/mol. The van der Waals surface area contributed by atoms with Crippen molar-refractivity contribution in [1.29, 1.82) is 0 Å². The van der Waals surface area contributed by atoms with Crippen LogP contribution in [0.2, 0.25) is 0 Å². The number of aromatic nitrogens is 2. The number of nitrogens with zero attached hydrogens (tertiary/aromatic N) is 2. The third kappa shape index (κ3) is 2.91. The number of fused-ring (bicyclic) bond motifs is 1. The Balaban J connectivity index is 1.49. The first kappa shape index (κ1) is 14.6. The summed E-state index contributed by atoms with van der Waals surface area (Å²) in [5.41, 5.74) is 5.90. The van der Waals surface area contributed by atoms with Crippen LogP contribution in [0.25, 0.3) is 16.6 Å². The van der Waals surface area contributed by atoms with Crippen LogP contribution in [0.3, 0.4) is 0 Å². The third-order valence-electron chi connectivity index (χ3n) is 4.30. The molecule has 0 spiro atoms. The van der Waals surface area contributed by atoms with Crippen LogP contribution in [0.5, 0.6) is 5.75 Å². The molecule has 3 aromatic rings. The van der Waals surface area contributed by atoms with Crippen LogP contribution in [0, 0.1) is 0 Å². The van der Waals surface area contributed by atoms with Crippen molar-refractivity contribution in [2.45, 2.75) is 6.54 Å². The molecule has 0 saturated heterocycles. The summed E-state index contributed by atoms with van der Waals surface area (Å²) in [5, 5.41) is 0. The quantitative estimate of drug-likeness (QED) is 0.791. The van der Waals surface area contributed by atoms with Gasteiger partial charge in [0.2, 0.25) is 0 Å². The lowest BCUT2D eigenvalue weighted by Crippen LogP contribution is -2.21. The van der Waals surface area contributed by atoms with Crippen molar-refractivity contribution in [3.05, 3.63) is 78.3 Å². The summed E-state index contributed by atoms with van der Waals surface area (Å²) >= 11 is 0. The first-order chi connectivity index (χ1) is 11.8. The second-order valence-corrected chi connectivity index (χ2v) is 5.92. The highest BCUT2D eigenvalue weighted by Gasteiger charge is 2.11. The van der Waals surface area contributed by atoms with Crippen molar-refractivity contribution < 1.29 is 4.74 Å². The maximum absolute atomic E-state index is 5.23. The molecule has 0 aliphatic carbocycles. The van der Waals surface area contributed by atoms with Gasteiger partial charge < -0.3 is 14.6 Å². The monoisotopic (exact) mass is 317 g/mol. The number of benzene rings is 2. The summed E-state index contributed by atoms with van der Waals surface area (Å²) in [4.78, 5) is 9.76. The number of hydrogen-bond acceptors (Lipinski definition) is 3. The fourth-order valence-corrected chi connectivity index (χ4v) is 3.02. The number of allylic oxidation sites excluding steroid dienone is 2. The minimum atomic E-state index is 0.874. The molecule has 1 aromatic heterocycles. The first-order valence-electron chi connectivity index (χ1n) is 8.00. The van der Waals surface area contributed by atoms with Crippen LogP contribution in [-0.4, -0.2) is 28.5 Å². The standard InChI is InChI=1S/C20H19N3O/c1-24-18-7-5-16(6-8-18)17-3-2-10-23(13-17)12-15-4-9-19-20(11-15)22-14-21-19/h2-11,14H,12-13H2,1H3,(H,21,22). The van der Waals surface area contributed by atoms with Crippen LogP contribution >= 0.6 is 0 Å². The minimum absolute atomic E-state index is 0.874. The van der Waals surface area contributed by atoms with Crippen molar-refractivity contribution in [2.24, 2.45) is 0 Å². The van der Waals surface area contributed by atoms with Crippen molar-refractivity contribution in [2.75, 3.05) is 13.7 Å². The zero-order chi connectivity index (χ0) is 16.4. The Hall–Kier alpha value is -3.01. The molecule has 4 nitrogen and oxygen atoms in total. The van der Waals surface area contributed by atoms with Crippen molar-refractivity contribution in [3.63, 3.8) is 0 Å². The molecule has 2 heterocycles. The second kappa shape index (κ2) is 6.24. The molecule has 1 aliphatic rings. The molecule has 4 rings (SSSR count). The van der Waals surface area contributed by atoms with Gasteiger partial charge in [-0.15, -0.1) is 0 Å². The summed E-state index contributed by atoms with van der Waals surface area (Å²) in [6.07, 6.45) is 8.16. The zero-order valence-electron chi connectivity index (χ0n) is 13.6. The molecular weight excluding hydrogens is 298 g/mol. The van der Waals surface area contributed by atoms with E-state index in [1.165, 1.54) is 16.7 Å². The van der Waals surface area contributed by atoms with E-state index < -0.39 is 0 Å². The van der Waals surface area contributed by atoms with E-state index in [1.807, 2.05) is 12.1 Å². The summed E-state index contributed by atoms with van der Waals surface area (Å²) < 4.78 is 5.23. The Morgan fingerprint density at radius 3 is 2.88 bits per heavy atom. The van der Waals surface area contributed by atoms with Gasteiger partial charge >= 0.3 is 0 Å². The van der Waals surface area contributed by atoms with Gasteiger partial charge in [-0.05, 0) is 53.2 Å². The van der Waals surface area contributed by atoms with E-state index in [-0.39, 0.29) is 0 Å². The van der Waals surface area contributed by atoms with E-state index in [4.69, 9.17) is 4.74 Å². The van der Waals surface area contributed by atoms with Crippen LogP contribution < -0.4 is 4.74 Å². The highest BCUT2D eigenvalue weighted by molar-refractivity contribution is 5.75. The van der Waals surface area contributed by atoms with Crippen molar-refractivity contribution in [1.82, 2.24) is 14.9 Å². The van der Waals surface area contributed by atoms with Gasteiger partial charge in [-0.25, -0.2) is 4.98 Å². The molecule has 120 valence electrons. The van der Waals surface area contributed by atoms with Gasteiger partial charge in [0.05, 0.1) is 24.5 Å².